The molecule has 1 aromatic carbocycles. The van der Waals surface area contributed by atoms with E-state index in [1.54, 1.807) is 17.5 Å². The molecule has 0 spiro atoms. The third kappa shape index (κ3) is 3.22. The molecule has 2 heterocycles. The first-order valence-electron chi connectivity index (χ1n) is 7.47. The van der Waals surface area contributed by atoms with E-state index in [1.807, 2.05) is 62.3 Å². The maximum Gasteiger partial charge on any atom is 0.255 e. The second-order valence-corrected chi connectivity index (χ2v) is 5.20. The average molecular weight is 309 g/mol. The van der Waals surface area contributed by atoms with E-state index in [0.29, 0.717) is 12.6 Å². The van der Waals surface area contributed by atoms with Crippen LogP contribution < -0.4 is 9.96 Å². The highest BCUT2D eigenvalue weighted by molar-refractivity contribution is 5.74. The zero-order valence-electron chi connectivity index (χ0n) is 13.5. The number of rotatable bonds is 5. The SMILES string of the molecule is CCON(c1cccc(N(C)C)c1)c1ncc2ncccc2n1. The lowest BCUT2D eigenvalue weighted by atomic mass is 10.2. The summed E-state index contributed by atoms with van der Waals surface area (Å²) in [4.78, 5) is 21.0. The standard InChI is InChI=1S/C17H19N5O/c1-4-23-22(14-8-5-7-13(11-14)21(2)3)17-19-12-16-15(20-17)9-6-10-18-16/h5-12H,4H2,1-3H3. The Morgan fingerprint density at radius 3 is 2.61 bits per heavy atom. The molecule has 3 aromatic rings. The van der Waals surface area contributed by atoms with Gasteiger partial charge in [0, 0.05) is 26.0 Å². The molecule has 0 aliphatic carbocycles. The summed E-state index contributed by atoms with van der Waals surface area (Å²) in [7, 11) is 4.00. The Kier molecular flexibility index (Phi) is 4.34. The lowest BCUT2D eigenvalue weighted by Crippen LogP contribution is -2.20. The van der Waals surface area contributed by atoms with E-state index in [0.717, 1.165) is 22.4 Å². The summed E-state index contributed by atoms with van der Waals surface area (Å²) in [6.45, 7) is 2.45. The van der Waals surface area contributed by atoms with E-state index < -0.39 is 0 Å². The molecule has 3 rings (SSSR count). The summed E-state index contributed by atoms with van der Waals surface area (Å²) in [6.07, 6.45) is 3.44. The first-order valence-corrected chi connectivity index (χ1v) is 7.47. The van der Waals surface area contributed by atoms with Crippen LogP contribution in [0, 0.1) is 0 Å². The van der Waals surface area contributed by atoms with Crippen molar-refractivity contribution in [1.82, 2.24) is 15.0 Å². The van der Waals surface area contributed by atoms with Crippen LogP contribution >= 0.6 is 0 Å². The molecule has 6 nitrogen and oxygen atoms in total. The number of nitrogens with zero attached hydrogens (tertiary/aromatic N) is 5. The quantitative estimate of drug-likeness (QED) is 0.675. The number of aromatic nitrogens is 3. The maximum absolute atomic E-state index is 5.77. The van der Waals surface area contributed by atoms with Gasteiger partial charge in [0.05, 0.1) is 24.0 Å². The predicted octanol–water partition coefficient (Wildman–Crippen LogP) is 3.18. The highest BCUT2D eigenvalue weighted by Crippen LogP contribution is 2.27. The molecule has 0 fully saturated rings. The van der Waals surface area contributed by atoms with E-state index in [1.165, 1.54) is 0 Å². The van der Waals surface area contributed by atoms with Gasteiger partial charge >= 0.3 is 0 Å². The van der Waals surface area contributed by atoms with Gasteiger partial charge in [-0.2, -0.15) is 5.06 Å². The van der Waals surface area contributed by atoms with Gasteiger partial charge in [0.1, 0.15) is 5.52 Å². The van der Waals surface area contributed by atoms with Crippen LogP contribution in [0.25, 0.3) is 11.0 Å². The Labute approximate surface area is 135 Å². The van der Waals surface area contributed by atoms with Gasteiger partial charge in [-0.15, -0.1) is 0 Å². The third-order valence-electron chi connectivity index (χ3n) is 3.36. The first-order chi connectivity index (χ1) is 11.2. The molecule has 0 amide bonds. The van der Waals surface area contributed by atoms with E-state index in [9.17, 15) is 0 Å². The molecule has 0 saturated heterocycles. The molecule has 118 valence electrons. The van der Waals surface area contributed by atoms with E-state index in [-0.39, 0.29) is 0 Å². The molecule has 2 aromatic heterocycles. The van der Waals surface area contributed by atoms with Gasteiger partial charge in [-0.25, -0.2) is 9.97 Å². The summed E-state index contributed by atoms with van der Waals surface area (Å²) in [5, 5.41) is 1.65. The van der Waals surface area contributed by atoms with Crippen molar-refractivity contribution < 1.29 is 4.84 Å². The van der Waals surface area contributed by atoms with Gasteiger partial charge < -0.3 is 4.90 Å². The number of benzene rings is 1. The number of hydrogen-bond donors (Lipinski definition) is 0. The molecule has 0 aliphatic heterocycles. The molecule has 0 aliphatic rings. The Bertz CT molecular complexity index is 806. The number of hydrogen-bond acceptors (Lipinski definition) is 6. The van der Waals surface area contributed by atoms with E-state index >= 15 is 0 Å². The van der Waals surface area contributed by atoms with Crippen LogP contribution in [0.2, 0.25) is 0 Å². The van der Waals surface area contributed by atoms with Gasteiger partial charge in [0.2, 0.25) is 0 Å². The molecule has 0 unspecified atom stereocenters. The molecule has 0 atom stereocenters. The minimum atomic E-state index is 0.489. The Morgan fingerprint density at radius 1 is 1.00 bits per heavy atom. The molecular formula is C17H19N5O. The fraction of sp³-hybridized carbons (Fsp3) is 0.235. The lowest BCUT2D eigenvalue weighted by molar-refractivity contribution is 0.146. The van der Waals surface area contributed by atoms with Crippen molar-refractivity contribution in [2.75, 3.05) is 30.7 Å². The largest absolute Gasteiger partial charge is 0.378 e. The predicted molar refractivity (Wildman–Crippen MR) is 91.9 cm³/mol. The van der Waals surface area contributed by atoms with Gasteiger partial charge in [-0.05, 0) is 37.3 Å². The minimum absolute atomic E-state index is 0.489. The summed E-state index contributed by atoms with van der Waals surface area (Å²) in [5.41, 5.74) is 3.50. The topological polar surface area (TPSA) is 54.4 Å². The summed E-state index contributed by atoms with van der Waals surface area (Å²) < 4.78 is 0. The van der Waals surface area contributed by atoms with Crippen molar-refractivity contribution in [3.05, 3.63) is 48.8 Å². The second kappa shape index (κ2) is 6.58. The summed E-state index contributed by atoms with van der Waals surface area (Å²) in [5.74, 6) is 0.489. The third-order valence-corrected chi connectivity index (χ3v) is 3.36. The van der Waals surface area contributed by atoms with Crippen LogP contribution in [0.1, 0.15) is 6.92 Å². The fourth-order valence-corrected chi connectivity index (χ4v) is 2.23. The Hall–Kier alpha value is -2.73. The second-order valence-electron chi connectivity index (χ2n) is 5.20. The number of pyridine rings is 1. The van der Waals surface area contributed by atoms with Crippen molar-refractivity contribution in [1.29, 1.82) is 0 Å². The van der Waals surface area contributed by atoms with Gasteiger partial charge in [0.15, 0.2) is 0 Å². The molecule has 0 bridgehead atoms. The molecular weight excluding hydrogens is 290 g/mol. The number of fused-ring (bicyclic) bond motifs is 1. The molecule has 6 heteroatoms. The molecule has 0 N–H and O–H groups in total. The van der Waals surface area contributed by atoms with Crippen LogP contribution in [-0.4, -0.2) is 35.7 Å². The van der Waals surface area contributed by atoms with Crippen LogP contribution in [0.4, 0.5) is 17.3 Å². The highest BCUT2D eigenvalue weighted by atomic mass is 16.7. The molecule has 23 heavy (non-hydrogen) atoms. The first kappa shape index (κ1) is 15.2. The van der Waals surface area contributed by atoms with E-state index in [2.05, 4.69) is 15.0 Å². The Morgan fingerprint density at radius 2 is 1.83 bits per heavy atom. The number of anilines is 3. The summed E-state index contributed by atoms with van der Waals surface area (Å²) >= 11 is 0. The zero-order chi connectivity index (χ0) is 16.2. The van der Waals surface area contributed by atoms with Gasteiger partial charge in [-0.1, -0.05) is 6.07 Å². The van der Waals surface area contributed by atoms with E-state index in [4.69, 9.17) is 4.84 Å². The average Bonchev–Trinajstić information content (AvgIpc) is 2.59. The molecule has 0 radical (unpaired) electrons. The monoisotopic (exact) mass is 309 g/mol. The van der Waals surface area contributed by atoms with Gasteiger partial charge in [-0.3, -0.25) is 9.82 Å². The van der Waals surface area contributed by atoms with Crippen molar-refractivity contribution in [2.24, 2.45) is 0 Å². The minimum Gasteiger partial charge on any atom is -0.378 e. The molecule has 0 saturated carbocycles. The van der Waals surface area contributed by atoms with Crippen molar-refractivity contribution in [3.63, 3.8) is 0 Å². The Balaban J connectivity index is 2.04. The smallest absolute Gasteiger partial charge is 0.255 e. The lowest BCUT2D eigenvalue weighted by Gasteiger charge is -2.23. The van der Waals surface area contributed by atoms with Gasteiger partial charge in [0.25, 0.3) is 5.95 Å². The van der Waals surface area contributed by atoms with Crippen LogP contribution in [0.15, 0.2) is 48.8 Å². The summed E-state index contributed by atoms with van der Waals surface area (Å²) in [6, 6.07) is 11.8. The maximum atomic E-state index is 5.77. The van der Waals surface area contributed by atoms with Crippen molar-refractivity contribution >= 4 is 28.4 Å². The normalized spacial score (nSPS) is 10.7. The fourth-order valence-electron chi connectivity index (χ4n) is 2.23. The highest BCUT2D eigenvalue weighted by Gasteiger charge is 2.14. The zero-order valence-corrected chi connectivity index (χ0v) is 13.5. The van der Waals surface area contributed by atoms with Crippen LogP contribution in [0.3, 0.4) is 0 Å². The van der Waals surface area contributed by atoms with Crippen LogP contribution in [0.5, 0.6) is 0 Å². The van der Waals surface area contributed by atoms with Crippen molar-refractivity contribution in [2.45, 2.75) is 6.92 Å². The van der Waals surface area contributed by atoms with Crippen LogP contribution in [-0.2, 0) is 4.84 Å². The van der Waals surface area contributed by atoms with Crippen molar-refractivity contribution in [3.8, 4) is 0 Å².